The molecule has 5 nitrogen and oxygen atoms in total. The molecule has 1 rings (SSSR count). The molecule has 0 aliphatic heterocycles. The summed E-state index contributed by atoms with van der Waals surface area (Å²) in [4.78, 5) is 27.2. The van der Waals surface area contributed by atoms with Gasteiger partial charge in [-0.3, -0.25) is 9.59 Å². The molecule has 0 aromatic heterocycles. The molecule has 0 aliphatic carbocycles. The molecule has 0 unspecified atom stereocenters. The number of hydrogen-bond acceptors (Lipinski definition) is 3. The van der Waals surface area contributed by atoms with Crippen LogP contribution in [0.15, 0.2) is 24.3 Å². The van der Waals surface area contributed by atoms with Crippen LogP contribution in [0.5, 0.6) is 5.75 Å². The van der Waals surface area contributed by atoms with Crippen molar-refractivity contribution in [3.8, 4) is 5.75 Å². The van der Waals surface area contributed by atoms with E-state index < -0.39 is 0 Å². The third-order valence-electron chi connectivity index (χ3n) is 3.62. The fourth-order valence-corrected chi connectivity index (χ4v) is 2.15. The van der Waals surface area contributed by atoms with Crippen LogP contribution < -0.4 is 4.74 Å². The molecule has 0 saturated carbocycles. The molecule has 22 heavy (non-hydrogen) atoms. The maximum Gasteiger partial charge on any atom is 0.260 e. The average Bonchev–Trinajstić information content (AvgIpc) is 2.53. The van der Waals surface area contributed by atoms with Gasteiger partial charge in [0, 0.05) is 20.1 Å². The van der Waals surface area contributed by atoms with Gasteiger partial charge in [0.1, 0.15) is 5.75 Å². The number of rotatable bonds is 8. The van der Waals surface area contributed by atoms with Crippen molar-refractivity contribution < 1.29 is 14.3 Å². The summed E-state index contributed by atoms with van der Waals surface area (Å²) in [5, 5.41) is 0. The van der Waals surface area contributed by atoms with Crippen molar-refractivity contribution in [2.75, 3.05) is 33.3 Å². The van der Waals surface area contributed by atoms with E-state index in [9.17, 15) is 9.59 Å². The van der Waals surface area contributed by atoms with Gasteiger partial charge in [0.05, 0.1) is 6.54 Å². The SMILES string of the molecule is CCc1ccccc1OCC(=O)N(C)CC(=O)N(CC)CC. The second-order valence-corrected chi connectivity index (χ2v) is 5.07. The Bertz CT molecular complexity index is 498. The second kappa shape index (κ2) is 9.07. The Balaban J connectivity index is 2.52. The minimum absolute atomic E-state index is 0.0465. The lowest BCUT2D eigenvalue weighted by molar-refractivity contribution is -0.140. The highest BCUT2D eigenvalue weighted by Crippen LogP contribution is 2.18. The monoisotopic (exact) mass is 306 g/mol. The predicted molar refractivity (Wildman–Crippen MR) is 86.9 cm³/mol. The Morgan fingerprint density at radius 3 is 2.27 bits per heavy atom. The quantitative estimate of drug-likeness (QED) is 0.737. The third kappa shape index (κ3) is 5.06. The Labute approximate surface area is 132 Å². The lowest BCUT2D eigenvalue weighted by Crippen LogP contribution is -2.42. The number of aryl methyl sites for hydroxylation is 1. The maximum absolute atomic E-state index is 12.1. The highest BCUT2D eigenvalue weighted by atomic mass is 16.5. The molecule has 0 N–H and O–H groups in total. The van der Waals surface area contributed by atoms with Crippen molar-refractivity contribution in [2.24, 2.45) is 0 Å². The molecule has 5 heteroatoms. The highest BCUT2D eigenvalue weighted by Gasteiger charge is 2.17. The molecule has 0 atom stereocenters. The molecule has 0 saturated heterocycles. The summed E-state index contributed by atoms with van der Waals surface area (Å²) >= 11 is 0. The molecule has 0 heterocycles. The number of para-hydroxylation sites is 1. The first-order valence-electron chi connectivity index (χ1n) is 7.75. The number of ether oxygens (including phenoxy) is 1. The Morgan fingerprint density at radius 1 is 1.05 bits per heavy atom. The third-order valence-corrected chi connectivity index (χ3v) is 3.62. The zero-order chi connectivity index (χ0) is 16.5. The van der Waals surface area contributed by atoms with Crippen LogP contribution in [0.4, 0.5) is 0 Å². The van der Waals surface area contributed by atoms with Gasteiger partial charge in [-0.1, -0.05) is 25.1 Å². The van der Waals surface area contributed by atoms with Crippen molar-refractivity contribution in [3.05, 3.63) is 29.8 Å². The van der Waals surface area contributed by atoms with Crippen molar-refractivity contribution in [3.63, 3.8) is 0 Å². The molecular formula is C17H26N2O3. The number of benzene rings is 1. The summed E-state index contributed by atoms with van der Waals surface area (Å²) in [6.07, 6.45) is 0.848. The standard InChI is InChI=1S/C17H26N2O3/c1-5-14-10-8-9-11-15(14)22-13-17(21)18(4)12-16(20)19(6-2)7-3/h8-11H,5-7,12-13H2,1-4H3. The summed E-state index contributed by atoms with van der Waals surface area (Å²) in [5.41, 5.74) is 1.07. The van der Waals surface area contributed by atoms with E-state index in [1.807, 2.05) is 45.0 Å². The highest BCUT2D eigenvalue weighted by molar-refractivity contribution is 5.85. The number of carbonyl (C=O) groups excluding carboxylic acids is 2. The van der Waals surface area contributed by atoms with Crippen molar-refractivity contribution >= 4 is 11.8 Å². The molecule has 0 aliphatic rings. The van der Waals surface area contributed by atoms with Crippen LogP contribution in [-0.2, 0) is 16.0 Å². The molecule has 0 fully saturated rings. The zero-order valence-electron chi connectivity index (χ0n) is 14.0. The second-order valence-electron chi connectivity index (χ2n) is 5.07. The maximum atomic E-state index is 12.1. The summed E-state index contributed by atoms with van der Waals surface area (Å²) in [6, 6.07) is 7.66. The topological polar surface area (TPSA) is 49.9 Å². The van der Waals surface area contributed by atoms with Gasteiger partial charge in [0.15, 0.2) is 6.61 Å². The minimum Gasteiger partial charge on any atom is -0.483 e. The lowest BCUT2D eigenvalue weighted by Gasteiger charge is -2.23. The van der Waals surface area contributed by atoms with Crippen molar-refractivity contribution in [2.45, 2.75) is 27.2 Å². The Kier molecular flexibility index (Phi) is 7.43. The van der Waals surface area contributed by atoms with E-state index in [-0.39, 0.29) is 25.0 Å². The van der Waals surface area contributed by atoms with Crippen LogP contribution >= 0.6 is 0 Å². The molecule has 0 bridgehead atoms. The molecule has 2 amide bonds. The van der Waals surface area contributed by atoms with Gasteiger partial charge < -0.3 is 14.5 Å². The lowest BCUT2D eigenvalue weighted by atomic mass is 10.1. The summed E-state index contributed by atoms with van der Waals surface area (Å²) in [6.45, 7) is 7.22. The first-order chi connectivity index (χ1) is 10.5. The zero-order valence-corrected chi connectivity index (χ0v) is 14.0. The van der Waals surface area contributed by atoms with Crippen molar-refractivity contribution in [1.82, 2.24) is 9.80 Å². The first-order valence-corrected chi connectivity index (χ1v) is 7.75. The Morgan fingerprint density at radius 2 is 1.68 bits per heavy atom. The molecule has 0 radical (unpaired) electrons. The van der Waals surface area contributed by atoms with Gasteiger partial charge in [-0.05, 0) is 31.9 Å². The molecule has 122 valence electrons. The van der Waals surface area contributed by atoms with E-state index >= 15 is 0 Å². The van der Waals surface area contributed by atoms with E-state index in [0.717, 1.165) is 17.7 Å². The van der Waals surface area contributed by atoms with Gasteiger partial charge in [0.25, 0.3) is 5.91 Å². The fourth-order valence-electron chi connectivity index (χ4n) is 2.15. The number of amides is 2. The normalized spacial score (nSPS) is 10.2. The van der Waals surface area contributed by atoms with Crippen LogP contribution in [0.3, 0.4) is 0 Å². The summed E-state index contributed by atoms with van der Waals surface area (Å²) < 4.78 is 5.59. The summed E-state index contributed by atoms with van der Waals surface area (Å²) in [7, 11) is 1.62. The van der Waals surface area contributed by atoms with Crippen LogP contribution in [0.2, 0.25) is 0 Å². The van der Waals surface area contributed by atoms with Crippen molar-refractivity contribution in [1.29, 1.82) is 0 Å². The number of hydrogen-bond donors (Lipinski definition) is 0. The van der Waals surface area contributed by atoms with Crippen LogP contribution in [0.1, 0.15) is 26.3 Å². The van der Waals surface area contributed by atoms with E-state index in [1.165, 1.54) is 4.90 Å². The Hall–Kier alpha value is -2.04. The van der Waals surface area contributed by atoms with Gasteiger partial charge in [-0.25, -0.2) is 0 Å². The smallest absolute Gasteiger partial charge is 0.260 e. The van der Waals surface area contributed by atoms with Gasteiger partial charge in [0.2, 0.25) is 5.91 Å². The van der Waals surface area contributed by atoms with Crippen LogP contribution in [-0.4, -0.2) is 54.9 Å². The number of likely N-dealkylation sites (N-methyl/N-ethyl adjacent to an activating group) is 2. The summed E-state index contributed by atoms with van der Waals surface area (Å²) in [5.74, 6) is 0.475. The molecule has 1 aromatic carbocycles. The fraction of sp³-hybridized carbons (Fsp3) is 0.529. The van der Waals surface area contributed by atoms with E-state index in [1.54, 1.807) is 11.9 Å². The molecule has 0 spiro atoms. The number of nitrogens with zero attached hydrogens (tertiary/aromatic N) is 2. The van der Waals surface area contributed by atoms with E-state index in [2.05, 4.69) is 0 Å². The van der Waals surface area contributed by atoms with Gasteiger partial charge >= 0.3 is 0 Å². The largest absolute Gasteiger partial charge is 0.483 e. The van der Waals surface area contributed by atoms with Gasteiger partial charge in [-0.15, -0.1) is 0 Å². The predicted octanol–water partition coefficient (Wildman–Crippen LogP) is 1.95. The first kappa shape index (κ1) is 18.0. The van der Waals surface area contributed by atoms with Crippen LogP contribution in [0.25, 0.3) is 0 Å². The van der Waals surface area contributed by atoms with E-state index in [0.29, 0.717) is 13.1 Å². The molecule has 1 aromatic rings. The van der Waals surface area contributed by atoms with Gasteiger partial charge in [-0.2, -0.15) is 0 Å². The van der Waals surface area contributed by atoms with Crippen LogP contribution in [0, 0.1) is 0 Å². The van der Waals surface area contributed by atoms with E-state index in [4.69, 9.17) is 4.74 Å². The number of carbonyl (C=O) groups is 2. The average molecular weight is 306 g/mol. The molecular weight excluding hydrogens is 280 g/mol. The minimum atomic E-state index is -0.202.